The van der Waals surface area contributed by atoms with Crippen LogP contribution in [0, 0.1) is 0 Å². The van der Waals surface area contributed by atoms with E-state index in [0.29, 0.717) is 0 Å². The number of rotatable bonds is 13. The Bertz CT molecular complexity index is 729. The van der Waals surface area contributed by atoms with Crippen molar-refractivity contribution in [3.8, 4) is 11.5 Å². The fourth-order valence-corrected chi connectivity index (χ4v) is 2.87. The van der Waals surface area contributed by atoms with E-state index in [4.69, 9.17) is 9.47 Å². The highest BCUT2D eigenvalue weighted by atomic mass is 16.5. The molecule has 5 nitrogen and oxygen atoms in total. The average molecular weight is 399 g/mol. The molecule has 0 radical (unpaired) electrons. The summed E-state index contributed by atoms with van der Waals surface area (Å²) in [6.45, 7) is 7.10. The summed E-state index contributed by atoms with van der Waals surface area (Å²) in [5.74, 6) is 1.51. The summed E-state index contributed by atoms with van der Waals surface area (Å²) in [6, 6.07) is 15.1. The van der Waals surface area contributed by atoms with Crippen LogP contribution >= 0.6 is 0 Å². The predicted octanol–water partition coefficient (Wildman–Crippen LogP) is 5.87. The summed E-state index contributed by atoms with van der Waals surface area (Å²) in [4.78, 5) is 12.2. The Morgan fingerprint density at radius 3 is 2.41 bits per heavy atom. The van der Waals surface area contributed by atoms with E-state index in [9.17, 15) is 4.79 Å². The minimum absolute atomic E-state index is 0.107. The van der Waals surface area contributed by atoms with E-state index < -0.39 is 0 Å². The van der Waals surface area contributed by atoms with Gasteiger partial charge in [0, 0.05) is 17.4 Å². The van der Waals surface area contributed by atoms with Crippen molar-refractivity contribution in [1.29, 1.82) is 0 Å². The van der Waals surface area contributed by atoms with Crippen molar-refractivity contribution in [2.75, 3.05) is 23.8 Å². The molecule has 0 aliphatic rings. The van der Waals surface area contributed by atoms with Gasteiger partial charge in [-0.25, -0.2) is 0 Å². The predicted molar refractivity (Wildman–Crippen MR) is 120 cm³/mol. The first-order valence-electron chi connectivity index (χ1n) is 10.6. The van der Waals surface area contributed by atoms with Crippen LogP contribution in [0.3, 0.4) is 0 Å². The van der Waals surface area contributed by atoms with Crippen molar-refractivity contribution in [1.82, 2.24) is 0 Å². The van der Waals surface area contributed by atoms with Crippen molar-refractivity contribution in [3.05, 3.63) is 48.5 Å². The lowest BCUT2D eigenvalue weighted by atomic mass is 10.2. The molecule has 0 aliphatic heterocycles. The first-order chi connectivity index (χ1) is 14.1. The maximum absolute atomic E-state index is 12.2. The van der Waals surface area contributed by atoms with Crippen LogP contribution in [0.25, 0.3) is 0 Å². The molecular weight excluding hydrogens is 364 g/mol. The Labute approximate surface area is 174 Å². The van der Waals surface area contributed by atoms with Crippen LogP contribution in [0.2, 0.25) is 0 Å². The van der Waals surface area contributed by atoms with E-state index in [1.165, 1.54) is 25.7 Å². The fourth-order valence-electron chi connectivity index (χ4n) is 2.87. The molecule has 1 amide bonds. The molecule has 0 aliphatic carbocycles. The number of ether oxygens (including phenoxy) is 2. The molecule has 0 fully saturated rings. The lowest BCUT2D eigenvalue weighted by Gasteiger charge is -2.12. The lowest BCUT2D eigenvalue weighted by Crippen LogP contribution is -2.21. The minimum atomic E-state index is -0.107. The minimum Gasteiger partial charge on any atom is -0.494 e. The second-order valence-electron chi connectivity index (χ2n) is 7.38. The molecular formula is C24H34N2O3. The van der Waals surface area contributed by atoms with E-state index in [1.54, 1.807) is 0 Å². The van der Waals surface area contributed by atoms with Crippen LogP contribution in [0.1, 0.15) is 52.9 Å². The third kappa shape index (κ3) is 9.37. The summed E-state index contributed by atoms with van der Waals surface area (Å²) >= 11 is 0. The second-order valence-corrected chi connectivity index (χ2v) is 7.38. The van der Waals surface area contributed by atoms with Crippen LogP contribution in [-0.2, 0) is 4.79 Å². The second kappa shape index (κ2) is 12.7. The van der Waals surface area contributed by atoms with Crippen LogP contribution < -0.4 is 20.1 Å². The van der Waals surface area contributed by atoms with Crippen molar-refractivity contribution in [2.45, 2.75) is 59.0 Å². The Hall–Kier alpha value is -2.69. The molecule has 0 saturated heterocycles. The molecule has 29 heavy (non-hydrogen) atoms. The van der Waals surface area contributed by atoms with Gasteiger partial charge in [-0.2, -0.15) is 0 Å². The molecule has 2 N–H and O–H groups in total. The molecule has 158 valence electrons. The topological polar surface area (TPSA) is 59.6 Å². The van der Waals surface area contributed by atoms with Crippen molar-refractivity contribution in [3.63, 3.8) is 0 Å². The van der Waals surface area contributed by atoms with Crippen molar-refractivity contribution in [2.24, 2.45) is 0 Å². The van der Waals surface area contributed by atoms with Gasteiger partial charge in [-0.05, 0) is 56.7 Å². The van der Waals surface area contributed by atoms with Gasteiger partial charge in [-0.3, -0.25) is 4.79 Å². The first-order valence-corrected chi connectivity index (χ1v) is 10.6. The maximum atomic E-state index is 12.2. The zero-order valence-corrected chi connectivity index (χ0v) is 17.9. The van der Waals surface area contributed by atoms with E-state index in [-0.39, 0.29) is 18.6 Å². The van der Waals surface area contributed by atoms with Crippen LogP contribution in [0.5, 0.6) is 11.5 Å². The Balaban J connectivity index is 1.71. The maximum Gasteiger partial charge on any atom is 0.243 e. The SMILES string of the molecule is CCCCCCCOc1ccc(NC(=O)CNc2cccc(OC(C)C)c2)cc1. The number of unbranched alkanes of at least 4 members (excludes halogenated alkanes) is 4. The summed E-state index contributed by atoms with van der Waals surface area (Å²) < 4.78 is 11.4. The third-order valence-corrected chi connectivity index (χ3v) is 4.31. The lowest BCUT2D eigenvalue weighted by molar-refractivity contribution is -0.114. The number of nitrogens with one attached hydrogen (secondary N) is 2. The van der Waals surface area contributed by atoms with Gasteiger partial charge in [0.25, 0.3) is 0 Å². The van der Waals surface area contributed by atoms with Gasteiger partial charge in [-0.15, -0.1) is 0 Å². The van der Waals surface area contributed by atoms with E-state index in [2.05, 4.69) is 17.6 Å². The molecule has 0 atom stereocenters. The zero-order valence-electron chi connectivity index (χ0n) is 17.9. The van der Waals surface area contributed by atoms with Gasteiger partial charge in [0.05, 0.1) is 19.3 Å². The van der Waals surface area contributed by atoms with Crippen LogP contribution in [0.4, 0.5) is 11.4 Å². The number of amides is 1. The molecule has 0 saturated carbocycles. The molecule has 0 spiro atoms. The van der Waals surface area contributed by atoms with E-state index in [1.807, 2.05) is 62.4 Å². The number of benzene rings is 2. The molecule has 0 aromatic heterocycles. The molecule has 2 aromatic carbocycles. The van der Waals surface area contributed by atoms with Gasteiger partial charge in [0.15, 0.2) is 0 Å². The highest BCUT2D eigenvalue weighted by Gasteiger charge is 2.04. The number of carbonyl (C=O) groups excluding carboxylic acids is 1. The molecule has 2 aromatic rings. The third-order valence-electron chi connectivity index (χ3n) is 4.31. The summed E-state index contributed by atoms with van der Waals surface area (Å²) in [5.41, 5.74) is 1.60. The highest BCUT2D eigenvalue weighted by Crippen LogP contribution is 2.19. The van der Waals surface area contributed by atoms with Gasteiger partial charge >= 0.3 is 0 Å². The standard InChI is InChI=1S/C24H34N2O3/c1-4-5-6-7-8-16-28-22-14-12-20(13-15-22)26-24(27)18-25-21-10-9-11-23(17-21)29-19(2)3/h9-15,17,19,25H,4-8,16,18H2,1-3H3,(H,26,27). The number of carbonyl (C=O) groups is 1. The first kappa shape index (κ1) is 22.6. The Morgan fingerprint density at radius 1 is 0.931 bits per heavy atom. The molecule has 0 bridgehead atoms. The summed E-state index contributed by atoms with van der Waals surface area (Å²) in [6.07, 6.45) is 6.22. The molecule has 0 heterocycles. The fraction of sp³-hybridized carbons (Fsp3) is 0.458. The Kier molecular flexibility index (Phi) is 9.90. The monoisotopic (exact) mass is 398 g/mol. The van der Waals surface area contributed by atoms with Crippen molar-refractivity contribution >= 4 is 17.3 Å². The Morgan fingerprint density at radius 2 is 1.69 bits per heavy atom. The summed E-state index contributed by atoms with van der Waals surface area (Å²) in [5, 5.41) is 6.01. The van der Waals surface area contributed by atoms with Gasteiger partial charge in [-0.1, -0.05) is 38.7 Å². The number of hydrogen-bond donors (Lipinski definition) is 2. The van der Waals surface area contributed by atoms with Crippen LogP contribution in [-0.4, -0.2) is 25.2 Å². The van der Waals surface area contributed by atoms with E-state index in [0.717, 1.165) is 35.9 Å². The number of anilines is 2. The zero-order chi connectivity index (χ0) is 20.9. The molecule has 0 unspecified atom stereocenters. The quantitative estimate of drug-likeness (QED) is 0.414. The van der Waals surface area contributed by atoms with Gasteiger partial charge in [0.1, 0.15) is 11.5 Å². The average Bonchev–Trinajstić information content (AvgIpc) is 2.70. The normalized spacial score (nSPS) is 10.6. The van der Waals surface area contributed by atoms with Gasteiger partial charge in [0.2, 0.25) is 5.91 Å². The van der Waals surface area contributed by atoms with Crippen molar-refractivity contribution < 1.29 is 14.3 Å². The van der Waals surface area contributed by atoms with Crippen LogP contribution in [0.15, 0.2) is 48.5 Å². The largest absolute Gasteiger partial charge is 0.494 e. The van der Waals surface area contributed by atoms with Gasteiger partial charge < -0.3 is 20.1 Å². The van der Waals surface area contributed by atoms with E-state index >= 15 is 0 Å². The number of hydrogen-bond acceptors (Lipinski definition) is 4. The smallest absolute Gasteiger partial charge is 0.243 e. The molecule has 2 rings (SSSR count). The molecule has 5 heteroatoms. The highest BCUT2D eigenvalue weighted by molar-refractivity contribution is 5.93. The summed E-state index contributed by atoms with van der Waals surface area (Å²) in [7, 11) is 0.